The Bertz CT molecular complexity index is 1100. The summed E-state index contributed by atoms with van der Waals surface area (Å²) in [5.74, 6) is -0.322. The SMILES string of the molecule is Cc1nc(-c2ccc(CCNC(=O)c3cc(S(N)(=O)=O)ccc3C)cc2)cs1. The zero-order chi connectivity index (χ0) is 20.3. The molecule has 0 aliphatic heterocycles. The van der Waals surface area contributed by atoms with Crippen molar-refractivity contribution in [2.45, 2.75) is 25.2 Å². The second-order valence-electron chi connectivity index (χ2n) is 6.48. The molecule has 0 unspecified atom stereocenters. The van der Waals surface area contributed by atoms with Crippen molar-refractivity contribution in [3.05, 3.63) is 69.5 Å². The van der Waals surface area contributed by atoms with Gasteiger partial charge in [-0.2, -0.15) is 0 Å². The minimum atomic E-state index is -3.85. The first-order chi connectivity index (χ1) is 13.2. The van der Waals surface area contributed by atoms with Gasteiger partial charge in [-0.3, -0.25) is 4.79 Å². The Kier molecular flexibility index (Phi) is 5.93. The number of carbonyl (C=O) groups excluding carboxylic acids is 1. The average Bonchev–Trinajstić information content (AvgIpc) is 3.08. The van der Waals surface area contributed by atoms with E-state index in [1.54, 1.807) is 24.3 Å². The number of rotatable bonds is 6. The van der Waals surface area contributed by atoms with Crippen molar-refractivity contribution in [2.75, 3.05) is 6.54 Å². The number of primary sulfonamides is 1. The molecule has 1 aromatic heterocycles. The molecule has 0 fully saturated rings. The van der Waals surface area contributed by atoms with Gasteiger partial charge in [0.2, 0.25) is 10.0 Å². The van der Waals surface area contributed by atoms with Crippen LogP contribution in [0.4, 0.5) is 0 Å². The molecule has 3 rings (SSSR count). The molecule has 146 valence electrons. The van der Waals surface area contributed by atoms with Gasteiger partial charge in [-0.25, -0.2) is 18.5 Å². The molecule has 0 atom stereocenters. The highest BCUT2D eigenvalue weighted by molar-refractivity contribution is 7.89. The summed E-state index contributed by atoms with van der Waals surface area (Å²) in [6.07, 6.45) is 0.663. The Labute approximate surface area is 168 Å². The summed E-state index contributed by atoms with van der Waals surface area (Å²) in [7, 11) is -3.85. The predicted molar refractivity (Wildman–Crippen MR) is 111 cm³/mol. The molecule has 0 spiro atoms. The molecular formula is C20H21N3O3S2. The minimum Gasteiger partial charge on any atom is -0.352 e. The van der Waals surface area contributed by atoms with E-state index in [1.165, 1.54) is 12.1 Å². The minimum absolute atomic E-state index is 0.0730. The average molecular weight is 416 g/mol. The summed E-state index contributed by atoms with van der Waals surface area (Å²) >= 11 is 1.62. The molecule has 0 radical (unpaired) electrons. The number of nitrogens with one attached hydrogen (secondary N) is 1. The van der Waals surface area contributed by atoms with Crippen LogP contribution in [0.15, 0.2) is 52.7 Å². The van der Waals surface area contributed by atoms with Crippen LogP contribution in [0.5, 0.6) is 0 Å². The van der Waals surface area contributed by atoms with Crippen LogP contribution >= 0.6 is 11.3 Å². The second kappa shape index (κ2) is 8.22. The molecule has 0 saturated heterocycles. The van der Waals surface area contributed by atoms with Gasteiger partial charge < -0.3 is 5.32 Å². The lowest BCUT2D eigenvalue weighted by Crippen LogP contribution is -2.27. The Balaban J connectivity index is 1.61. The standard InChI is InChI=1S/C20H21N3O3S2/c1-13-3-8-17(28(21,25)26)11-18(13)20(24)22-10-9-15-4-6-16(7-5-15)19-12-27-14(2)23-19/h3-8,11-12H,9-10H2,1-2H3,(H,22,24)(H2,21,25,26). The second-order valence-corrected chi connectivity index (χ2v) is 9.10. The molecule has 6 nitrogen and oxygen atoms in total. The first kappa shape index (κ1) is 20.2. The number of sulfonamides is 1. The fourth-order valence-electron chi connectivity index (χ4n) is 2.78. The molecule has 8 heteroatoms. The number of aromatic nitrogens is 1. The molecule has 3 N–H and O–H groups in total. The van der Waals surface area contributed by atoms with Crippen molar-refractivity contribution in [2.24, 2.45) is 5.14 Å². The van der Waals surface area contributed by atoms with Gasteiger partial charge in [0.15, 0.2) is 0 Å². The molecule has 1 amide bonds. The highest BCUT2D eigenvalue weighted by atomic mass is 32.2. The summed E-state index contributed by atoms with van der Waals surface area (Å²) in [6.45, 7) is 4.17. The summed E-state index contributed by atoms with van der Waals surface area (Å²) in [6, 6.07) is 12.4. The Morgan fingerprint density at radius 1 is 1.14 bits per heavy atom. The number of nitrogens with two attached hydrogens (primary N) is 1. The fraction of sp³-hybridized carbons (Fsp3) is 0.200. The van der Waals surface area contributed by atoms with Crippen molar-refractivity contribution in [1.29, 1.82) is 0 Å². The number of amides is 1. The topological polar surface area (TPSA) is 102 Å². The van der Waals surface area contributed by atoms with E-state index in [-0.39, 0.29) is 10.8 Å². The van der Waals surface area contributed by atoms with E-state index in [9.17, 15) is 13.2 Å². The van der Waals surface area contributed by atoms with Crippen LogP contribution in [-0.4, -0.2) is 25.9 Å². The molecule has 1 heterocycles. The van der Waals surface area contributed by atoms with Crippen LogP contribution in [0.3, 0.4) is 0 Å². The van der Waals surface area contributed by atoms with Gasteiger partial charge in [0.05, 0.1) is 15.6 Å². The quantitative estimate of drug-likeness (QED) is 0.646. The molecule has 0 bridgehead atoms. The van der Waals surface area contributed by atoms with Crippen LogP contribution in [0.1, 0.15) is 26.5 Å². The van der Waals surface area contributed by atoms with E-state index in [0.29, 0.717) is 24.1 Å². The van der Waals surface area contributed by atoms with E-state index < -0.39 is 10.0 Å². The third-order valence-corrected chi connectivity index (χ3v) is 6.03. The highest BCUT2D eigenvalue weighted by Crippen LogP contribution is 2.22. The zero-order valence-corrected chi connectivity index (χ0v) is 17.2. The maximum atomic E-state index is 12.4. The van der Waals surface area contributed by atoms with Crippen LogP contribution in [0.25, 0.3) is 11.3 Å². The highest BCUT2D eigenvalue weighted by Gasteiger charge is 2.14. The van der Waals surface area contributed by atoms with Gasteiger partial charge in [0.25, 0.3) is 5.91 Å². The van der Waals surface area contributed by atoms with Crippen molar-refractivity contribution >= 4 is 27.3 Å². The van der Waals surface area contributed by atoms with E-state index in [4.69, 9.17) is 5.14 Å². The third kappa shape index (κ3) is 4.83. The maximum Gasteiger partial charge on any atom is 0.251 e. The Morgan fingerprint density at radius 2 is 1.86 bits per heavy atom. The van der Waals surface area contributed by atoms with Gasteiger partial charge in [-0.05, 0) is 43.5 Å². The molecular weight excluding hydrogens is 394 g/mol. The maximum absolute atomic E-state index is 12.4. The molecule has 28 heavy (non-hydrogen) atoms. The Morgan fingerprint density at radius 3 is 2.46 bits per heavy atom. The lowest BCUT2D eigenvalue weighted by molar-refractivity contribution is 0.0953. The molecule has 2 aromatic carbocycles. The van der Waals surface area contributed by atoms with Gasteiger partial charge in [0, 0.05) is 23.1 Å². The van der Waals surface area contributed by atoms with Crippen molar-refractivity contribution in [1.82, 2.24) is 10.3 Å². The van der Waals surface area contributed by atoms with Crippen molar-refractivity contribution in [3.63, 3.8) is 0 Å². The van der Waals surface area contributed by atoms with Crippen LogP contribution in [0.2, 0.25) is 0 Å². The monoisotopic (exact) mass is 415 g/mol. The largest absolute Gasteiger partial charge is 0.352 e. The van der Waals surface area contributed by atoms with Gasteiger partial charge in [0.1, 0.15) is 0 Å². The first-order valence-electron chi connectivity index (χ1n) is 8.67. The zero-order valence-electron chi connectivity index (χ0n) is 15.6. The smallest absolute Gasteiger partial charge is 0.251 e. The van der Waals surface area contributed by atoms with E-state index in [1.807, 2.05) is 36.6 Å². The number of hydrogen-bond donors (Lipinski definition) is 2. The molecule has 0 aliphatic carbocycles. The number of aryl methyl sites for hydroxylation is 2. The predicted octanol–water partition coefficient (Wildman–Crippen LogP) is 3.05. The lowest BCUT2D eigenvalue weighted by Gasteiger charge is -2.09. The summed E-state index contributed by atoms with van der Waals surface area (Å²) < 4.78 is 23.0. The van der Waals surface area contributed by atoms with Gasteiger partial charge in [-0.15, -0.1) is 11.3 Å². The molecule has 0 saturated carbocycles. The number of carbonyl (C=O) groups is 1. The normalized spacial score (nSPS) is 11.4. The number of nitrogens with zero attached hydrogens (tertiary/aromatic N) is 1. The number of benzene rings is 2. The van der Waals surface area contributed by atoms with E-state index in [2.05, 4.69) is 10.3 Å². The lowest BCUT2D eigenvalue weighted by atomic mass is 10.1. The van der Waals surface area contributed by atoms with Gasteiger partial charge in [-0.1, -0.05) is 30.3 Å². The van der Waals surface area contributed by atoms with Crippen LogP contribution in [-0.2, 0) is 16.4 Å². The number of hydrogen-bond acceptors (Lipinski definition) is 5. The van der Waals surface area contributed by atoms with E-state index >= 15 is 0 Å². The summed E-state index contributed by atoms with van der Waals surface area (Å²) in [5.41, 5.74) is 4.11. The fourth-order valence-corrected chi connectivity index (χ4v) is 3.94. The summed E-state index contributed by atoms with van der Waals surface area (Å²) in [4.78, 5) is 16.8. The van der Waals surface area contributed by atoms with Gasteiger partial charge >= 0.3 is 0 Å². The third-order valence-electron chi connectivity index (χ3n) is 4.35. The summed E-state index contributed by atoms with van der Waals surface area (Å²) in [5, 5.41) is 11.0. The van der Waals surface area contributed by atoms with E-state index in [0.717, 1.165) is 21.8 Å². The molecule has 3 aromatic rings. The van der Waals surface area contributed by atoms with Crippen molar-refractivity contribution in [3.8, 4) is 11.3 Å². The first-order valence-corrected chi connectivity index (χ1v) is 11.1. The van der Waals surface area contributed by atoms with Crippen LogP contribution < -0.4 is 10.5 Å². The van der Waals surface area contributed by atoms with Crippen molar-refractivity contribution < 1.29 is 13.2 Å². The molecule has 0 aliphatic rings. The number of thiazole rings is 1. The Hall–Kier alpha value is -2.55. The van der Waals surface area contributed by atoms with Crippen LogP contribution in [0, 0.1) is 13.8 Å².